The monoisotopic (exact) mass is 738 g/mol. The number of halogens is 2. The molecule has 0 unspecified atom stereocenters. The summed E-state index contributed by atoms with van der Waals surface area (Å²) in [6.45, 7) is 22.4. The predicted octanol–water partition coefficient (Wildman–Crippen LogP) is 5.47. The van der Waals surface area contributed by atoms with Crippen molar-refractivity contribution in [2.75, 3.05) is 0 Å². The van der Waals surface area contributed by atoms with Crippen LogP contribution in [0.5, 0.6) is 0 Å². The standard InChI is InChI=1S/C21H25.C13H10.C10H15.2ClH.Zr/c1-20(2,3)16-7-9-18-14(12-16)11-15-13-17(21(4,5)6)8-10-19(15)18;1-3-7-12(8-4-1)11-13-9-5-2-6-10-13;1-8-5-6-9(7-8)10(2,3)4;;;/h7-10,12H,11H2,1-6H3;1-10H;5-7H,1-4H3;2*1H;/q-1;;-1;;;+2/p-2. The van der Waals surface area contributed by atoms with Crippen LogP contribution in [0.15, 0.2) is 109 Å². The van der Waals surface area contributed by atoms with Crippen molar-refractivity contribution >= 4 is 3.21 Å². The molecule has 0 saturated carbocycles. The molecule has 0 aliphatic heterocycles. The molecule has 0 bridgehead atoms. The molecule has 3 heteroatoms. The van der Waals surface area contributed by atoms with E-state index in [9.17, 15) is 0 Å². The Bertz CT molecular complexity index is 1620. The molecule has 0 heterocycles. The summed E-state index contributed by atoms with van der Waals surface area (Å²) in [4.78, 5) is 0. The Balaban J connectivity index is 0.000000258. The minimum absolute atomic E-state index is 0. The molecule has 0 nitrogen and oxygen atoms in total. The van der Waals surface area contributed by atoms with E-state index in [4.69, 9.17) is 0 Å². The van der Waals surface area contributed by atoms with Crippen LogP contribution in [0.4, 0.5) is 0 Å². The van der Waals surface area contributed by atoms with Crippen LogP contribution in [0.1, 0.15) is 107 Å². The first-order valence-electron chi connectivity index (χ1n) is 16.2. The van der Waals surface area contributed by atoms with Crippen LogP contribution >= 0.6 is 0 Å². The van der Waals surface area contributed by atoms with E-state index in [1.807, 2.05) is 0 Å². The second-order valence-corrected chi connectivity index (χ2v) is 16.6. The van der Waals surface area contributed by atoms with Gasteiger partial charge in [-0.1, -0.05) is 98.4 Å². The Morgan fingerprint density at radius 3 is 1.55 bits per heavy atom. The van der Waals surface area contributed by atoms with Crippen LogP contribution in [0.2, 0.25) is 0 Å². The first kappa shape index (κ1) is 40.7. The van der Waals surface area contributed by atoms with Gasteiger partial charge >= 0.3 is 99.2 Å². The van der Waals surface area contributed by atoms with Crippen molar-refractivity contribution in [3.05, 3.63) is 160 Å². The van der Waals surface area contributed by atoms with Gasteiger partial charge in [0.15, 0.2) is 0 Å². The molecule has 0 fully saturated rings. The fourth-order valence-electron chi connectivity index (χ4n) is 5.43. The van der Waals surface area contributed by atoms with Gasteiger partial charge in [-0.05, 0) is 28.4 Å². The number of aryl methyl sites for hydroxylation is 1. The van der Waals surface area contributed by atoms with Gasteiger partial charge < -0.3 is 24.8 Å². The number of hydrogen-bond acceptors (Lipinski definition) is 0. The Hall–Kier alpha value is -2.44. The summed E-state index contributed by atoms with van der Waals surface area (Å²) in [6.07, 6.45) is 1.03. The quantitative estimate of drug-likeness (QED) is 0.207. The summed E-state index contributed by atoms with van der Waals surface area (Å²) in [6, 6.07) is 42.9. The van der Waals surface area contributed by atoms with E-state index in [0.717, 1.165) is 6.42 Å². The van der Waals surface area contributed by atoms with Crippen molar-refractivity contribution in [3.63, 3.8) is 0 Å². The molecule has 5 aromatic rings. The molecule has 246 valence electrons. The third-order valence-electron chi connectivity index (χ3n) is 8.36. The fraction of sp³-hybridized carbons (Fsp3) is 0.318. The zero-order chi connectivity index (χ0) is 33.0. The molecule has 1 aliphatic rings. The topological polar surface area (TPSA) is 0 Å². The average Bonchev–Trinajstić information content (AvgIpc) is 3.60. The summed E-state index contributed by atoms with van der Waals surface area (Å²) < 4.78 is 1.42. The summed E-state index contributed by atoms with van der Waals surface area (Å²) in [5.41, 5.74) is 14.5. The van der Waals surface area contributed by atoms with Gasteiger partial charge in [-0.15, -0.1) is 11.1 Å². The summed E-state index contributed by atoms with van der Waals surface area (Å²) in [5, 5.41) is 0. The molecule has 47 heavy (non-hydrogen) atoms. The van der Waals surface area contributed by atoms with Crippen molar-refractivity contribution in [2.24, 2.45) is 0 Å². The van der Waals surface area contributed by atoms with Crippen molar-refractivity contribution in [3.8, 4) is 11.1 Å². The van der Waals surface area contributed by atoms with Gasteiger partial charge in [0.1, 0.15) is 0 Å². The Kier molecular flexibility index (Phi) is 14.6. The van der Waals surface area contributed by atoms with Crippen LogP contribution in [-0.2, 0) is 46.9 Å². The first-order chi connectivity index (χ1) is 21.0. The Morgan fingerprint density at radius 2 is 1.13 bits per heavy atom. The second-order valence-electron chi connectivity index (χ2n) is 15.3. The van der Waals surface area contributed by atoms with Crippen LogP contribution in [-0.4, -0.2) is 3.21 Å². The van der Waals surface area contributed by atoms with Gasteiger partial charge in [0.2, 0.25) is 0 Å². The van der Waals surface area contributed by atoms with Gasteiger partial charge in [0.05, 0.1) is 0 Å². The van der Waals surface area contributed by atoms with E-state index in [-0.39, 0.29) is 35.6 Å². The number of hydrogen-bond donors (Lipinski definition) is 0. The molecular formula is C44H50Cl2Zr-2. The third kappa shape index (κ3) is 11.0. The predicted molar refractivity (Wildman–Crippen MR) is 192 cm³/mol. The van der Waals surface area contributed by atoms with E-state index >= 15 is 0 Å². The van der Waals surface area contributed by atoms with Crippen molar-refractivity contribution < 1.29 is 49.0 Å². The minimum atomic E-state index is 0. The molecule has 1 aliphatic carbocycles. The van der Waals surface area contributed by atoms with Crippen LogP contribution < -0.4 is 24.8 Å². The van der Waals surface area contributed by atoms with Gasteiger partial charge in [-0.3, -0.25) is 0 Å². The maximum absolute atomic E-state index is 3.67. The van der Waals surface area contributed by atoms with Crippen molar-refractivity contribution in [1.29, 1.82) is 0 Å². The molecule has 0 spiro atoms. The molecule has 0 radical (unpaired) electrons. The van der Waals surface area contributed by atoms with E-state index in [2.05, 4.69) is 184 Å². The third-order valence-corrected chi connectivity index (χ3v) is 9.78. The Morgan fingerprint density at radius 1 is 0.617 bits per heavy atom. The van der Waals surface area contributed by atoms with Gasteiger partial charge in [0, 0.05) is 0 Å². The fourth-order valence-corrected chi connectivity index (χ4v) is 6.25. The van der Waals surface area contributed by atoms with Gasteiger partial charge in [-0.2, -0.15) is 47.0 Å². The molecule has 0 saturated heterocycles. The molecule has 0 atom stereocenters. The Labute approximate surface area is 313 Å². The van der Waals surface area contributed by atoms with Crippen molar-refractivity contribution in [1.82, 2.24) is 0 Å². The zero-order valence-electron chi connectivity index (χ0n) is 29.9. The number of fused-ring (bicyclic) bond motifs is 3. The average molecular weight is 741 g/mol. The van der Waals surface area contributed by atoms with E-state index < -0.39 is 0 Å². The SMILES string of the molecule is CC(C)(C)c1[c-]c2c(cc1)-c1ccc(C(C)(C)C)cc1C2.Cc1cc(C(C)(C)C)c[cH-]1.[Cl-].[Cl-].[Zr+2]=[C](c1ccccc1)c1ccccc1. The number of benzene rings is 4. The zero-order valence-corrected chi connectivity index (χ0v) is 33.8. The second kappa shape index (κ2) is 16.8. The summed E-state index contributed by atoms with van der Waals surface area (Å²) in [7, 11) is 0. The molecule has 0 N–H and O–H groups in total. The maximum atomic E-state index is 3.67. The van der Waals surface area contributed by atoms with E-state index in [1.165, 1.54) is 83.1 Å². The molecule has 5 aromatic carbocycles. The van der Waals surface area contributed by atoms with Crippen LogP contribution in [0.3, 0.4) is 0 Å². The number of rotatable bonds is 2. The summed E-state index contributed by atoms with van der Waals surface area (Å²) in [5.74, 6) is 0. The molecule has 6 rings (SSSR count). The normalized spacial score (nSPS) is 11.7. The molecule has 0 amide bonds. The van der Waals surface area contributed by atoms with Crippen molar-refractivity contribution in [2.45, 2.75) is 91.9 Å². The van der Waals surface area contributed by atoms with Gasteiger partial charge in [0.25, 0.3) is 0 Å². The molecular weight excluding hydrogens is 691 g/mol. The van der Waals surface area contributed by atoms with Crippen LogP contribution in [0.25, 0.3) is 11.1 Å². The van der Waals surface area contributed by atoms with Gasteiger partial charge in [-0.25, -0.2) is 6.07 Å². The van der Waals surface area contributed by atoms with E-state index in [1.54, 1.807) is 0 Å². The van der Waals surface area contributed by atoms with Crippen LogP contribution in [0, 0.1) is 13.0 Å². The van der Waals surface area contributed by atoms with E-state index in [0.29, 0.717) is 5.41 Å². The molecule has 0 aromatic heterocycles. The first-order valence-corrected chi connectivity index (χ1v) is 17.4. The summed E-state index contributed by atoms with van der Waals surface area (Å²) >= 11 is 1.46.